The van der Waals surface area contributed by atoms with Crippen LogP contribution in [0.3, 0.4) is 0 Å². The first kappa shape index (κ1) is 10.1. The first-order valence-corrected chi connectivity index (χ1v) is 5.29. The van der Waals surface area contributed by atoms with Gasteiger partial charge in [0, 0.05) is 12.2 Å². The first-order chi connectivity index (χ1) is 8.28. The number of oxazole rings is 1. The summed E-state index contributed by atoms with van der Waals surface area (Å²) in [6.07, 6.45) is 0.762. The molecule has 0 spiro atoms. The molecule has 1 fully saturated rings. The van der Waals surface area contributed by atoms with E-state index in [4.69, 9.17) is 14.9 Å². The molecule has 3 rings (SSSR count). The van der Waals surface area contributed by atoms with Crippen LogP contribution in [0.1, 0.15) is 0 Å². The zero-order valence-electron chi connectivity index (χ0n) is 9.00. The molecular formula is C11H11N3O3. The Morgan fingerprint density at radius 1 is 1.53 bits per heavy atom. The Morgan fingerprint density at radius 2 is 2.41 bits per heavy atom. The average Bonchev–Trinajstić information content (AvgIpc) is 2.93. The van der Waals surface area contributed by atoms with Gasteiger partial charge in [-0.1, -0.05) is 0 Å². The molecule has 17 heavy (non-hydrogen) atoms. The van der Waals surface area contributed by atoms with Crippen LogP contribution in [-0.2, 0) is 4.74 Å². The molecule has 1 amide bonds. The van der Waals surface area contributed by atoms with E-state index in [2.05, 4.69) is 4.98 Å². The lowest BCUT2D eigenvalue weighted by atomic mass is 10.2. The number of benzene rings is 1. The van der Waals surface area contributed by atoms with Gasteiger partial charge in [0.2, 0.25) is 0 Å². The van der Waals surface area contributed by atoms with Crippen LogP contribution in [0.4, 0.5) is 10.5 Å². The lowest BCUT2D eigenvalue weighted by Gasteiger charge is -2.12. The van der Waals surface area contributed by atoms with Gasteiger partial charge in [0.15, 0.2) is 12.0 Å². The van der Waals surface area contributed by atoms with Gasteiger partial charge < -0.3 is 14.9 Å². The molecule has 2 aromatic rings. The minimum Gasteiger partial charge on any atom is -0.443 e. The fraction of sp³-hybridized carbons (Fsp3) is 0.273. The Labute approximate surface area is 97.0 Å². The highest BCUT2D eigenvalue weighted by molar-refractivity contribution is 5.92. The predicted molar refractivity (Wildman–Crippen MR) is 60.7 cm³/mol. The molecule has 1 aromatic heterocycles. The number of hydrogen-bond donors (Lipinski definition) is 1. The van der Waals surface area contributed by atoms with E-state index in [1.54, 1.807) is 23.1 Å². The van der Waals surface area contributed by atoms with Crippen molar-refractivity contribution >= 4 is 22.9 Å². The number of rotatable bonds is 2. The Bertz CT molecular complexity index is 566. The maximum absolute atomic E-state index is 11.6. The third-order valence-corrected chi connectivity index (χ3v) is 2.76. The maximum Gasteiger partial charge on any atom is 0.414 e. The summed E-state index contributed by atoms with van der Waals surface area (Å²) in [5.41, 5.74) is 7.63. The summed E-state index contributed by atoms with van der Waals surface area (Å²) < 4.78 is 10.2. The van der Waals surface area contributed by atoms with Crippen LogP contribution in [0.25, 0.3) is 11.1 Å². The van der Waals surface area contributed by atoms with E-state index < -0.39 is 0 Å². The van der Waals surface area contributed by atoms with Gasteiger partial charge in [-0.15, -0.1) is 0 Å². The number of hydrogen-bond acceptors (Lipinski definition) is 5. The van der Waals surface area contributed by atoms with Crippen LogP contribution < -0.4 is 10.6 Å². The molecule has 6 heteroatoms. The Balaban J connectivity index is 1.95. The van der Waals surface area contributed by atoms with Crippen LogP contribution in [-0.4, -0.2) is 30.3 Å². The summed E-state index contributed by atoms with van der Waals surface area (Å²) in [5, 5.41) is 0. The number of carbonyl (C=O) groups is 1. The van der Waals surface area contributed by atoms with E-state index in [-0.39, 0.29) is 12.2 Å². The van der Waals surface area contributed by atoms with Crippen LogP contribution in [0.2, 0.25) is 0 Å². The number of cyclic esters (lactones) is 1. The lowest BCUT2D eigenvalue weighted by Crippen LogP contribution is -2.27. The summed E-state index contributed by atoms with van der Waals surface area (Å²) >= 11 is 0. The van der Waals surface area contributed by atoms with Gasteiger partial charge in [-0.25, -0.2) is 9.78 Å². The number of nitrogens with zero attached hydrogens (tertiary/aromatic N) is 2. The normalized spacial score (nSPS) is 19.9. The molecule has 1 aromatic carbocycles. The van der Waals surface area contributed by atoms with Crippen LogP contribution in [0.15, 0.2) is 29.0 Å². The quantitative estimate of drug-likeness (QED) is 0.840. The van der Waals surface area contributed by atoms with Gasteiger partial charge in [-0.05, 0) is 18.2 Å². The molecule has 2 heterocycles. The second-order valence-electron chi connectivity index (χ2n) is 3.86. The predicted octanol–water partition coefficient (Wildman–Crippen LogP) is 1.11. The van der Waals surface area contributed by atoms with E-state index in [9.17, 15) is 4.79 Å². The zero-order valence-corrected chi connectivity index (χ0v) is 9.00. The Kier molecular flexibility index (Phi) is 2.22. The number of nitrogens with two attached hydrogens (primary N) is 1. The number of ether oxygens (including phenoxy) is 1. The lowest BCUT2D eigenvalue weighted by molar-refractivity contribution is 0.145. The molecule has 88 valence electrons. The molecule has 1 unspecified atom stereocenters. The van der Waals surface area contributed by atoms with E-state index >= 15 is 0 Å². The van der Waals surface area contributed by atoms with Crippen molar-refractivity contribution in [2.75, 3.05) is 18.0 Å². The van der Waals surface area contributed by atoms with Crippen molar-refractivity contribution in [3.63, 3.8) is 0 Å². The molecule has 0 radical (unpaired) electrons. The number of amides is 1. The molecule has 1 atom stereocenters. The van der Waals surface area contributed by atoms with Gasteiger partial charge in [0.1, 0.15) is 11.6 Å². The Hall–Kier alpha value is -2.08. The minimum absolute atomic E-state index is 0.240. The molecular weight excluding hydrogens is 222 g/mol. The third-order valence-electron chi connectivity index (χ3n) is 2.76. The second-order valence-corrected chi connectivity index (χ2v) is 3.86. The molecule has 1 aliphatic rings. The summed E-state index contributed by atoms with van der Waals surface area (Å²) in [7, 11) is 0. The van der Waals surface area contributed by atoms with Crippen molar-refractivity contribution < 1.29 is 13.9 Å². The van der Waals surface area contributed by atoms with Crippen molar-refractivity contribution in [1.29, 1.82) is 0 Å². The summed E-state index contributed by atoms with van der Waals surface area (Å²) in [6.45, 7) is 0.799. The van der Waals surface area contributed by atoms with Crippen molar-refractivity contribution in [2.24, 2.45) is 5.73 Å². The molecule has 0 bridgehead atoms. The fourth-order valence-electron chi connectivity index (χ4n) is 1.87. The van der Waals surface area contributed by atoms with Gasteiger partial charge in [0.25, 0.3) is 0 Å². The molecule has 0 saturated carbocycles. The smallest absolute Gasteiger partial charge is 0.414 e. The second kappa shape index (κ2) is 3.74. The average molecular weight is 233 g/mol. The third kappa shape index (κ3) is 1.62. The SMILES string of the molecule is NCC1CN(c2ccc3ocnc3c2)C(=O)O1. The van der Waals surface area contributed by atoms with Crippen molar-refractivity contribution in [3.8, 4) is 0 Å². The summed E-state index contributed by atoms with van der Waals surface area (Å²) in [6, 6.07) is 5.37. The molecule has 2 N–H and O–H groups in total. The summed E-state index contributed by atoms with van der Waals surface area (Å²) in [4.78, 5) is 17.2. The van der Waals surface area contributed by atoms with Crippen LogP contribution >= 0.6 is 0 Å². The minimum atomic E-state index is -0.372. The first-order valence-electron chi connectivity index (χ1n) is 5.29. The van der Waals surface area contributed by atoms with Crippen molar-refractivity contribution in [2.45, 2.75) is 6.10 Å². The highest BCUT2D eigenvalue weighted by atomic mass is 16.6. The van der Waals surface area contributed by atoms with Gasteiger partial charge in [-0.2, -0.15) is 0 Å². The van der Waals surface area contributed by atoms with Crippen molar-refractivity contribution in [1.82, 2.24) is 4.98 Å². The number of carbonyl (C=O) groups excluding carboxylic acids is 1. The van der Waals surface area contributed by atoms with E-state index in [0.29, 0.717) is 24.2 Å². The van der Waals surface area contributed by atoms with Crippen LogP contribution in [0, 0.1) is 0 Å². The van der Waals surface area contributed by atoms with E-state index in [1.807, 2.05) is 0 Å². The highest BCUT2D eigenvalue weighted by Crippen LogP contribution is 2.25. The fourth-order valence-corrected chi connectivity index (χ4v) is 1.87. The van der Waals surface area contributed by atoms with E-state index in [1.165, 1.54) is 6.39 Å². The van der Waals surface area contributed by atoms with Gasteiger partial charge in [0.05, 0.1) is 6.54 Å². The standard InChI is InChI=1S/C11H11N3O3/c12-4-8-5-14(11(15)17-8)7-1-2-10-9(3-7)13-6-16-10/h1-3,6,8H,4-5,12H2. The molecule has 1 aliphatic heterocycles. The van der Waals surface area contributed by atoms with Gasteiger partial charge in [-0.3, -0.25) is 4.90 Å². The summed E-state index contributed by atoms with van der Waals surface area (Å²) in [5.74, 6) is 0. The number of aromatic nitrogens is 1. The largest absolute Gasteiger partial charge is 0.443 e. The molecule has 6 nitrogen and oxygen atoms in total. The molecule has 0 aliphatic carbocycles. The maximum atomic E-state index is 11.6. The van der Waals surface area contributed by atoms with Gasteiger partial charge >= 0.3 is 6.09 Å². The zero-order chi connectivity index (χ0) is 11.8. The van der Waals surface area contributed by atoms with E-state index in [0.717, 1.165) is 5.69 Å². The van der Waals surface area contributed by atoms with Crippen LogP contribution in [0.5, 0.6) is 0 Å². The topological polar surface area (TPSA) is 81.6 Å². The number of fused-ring (bicyclic) bond motifs is 1. The Morgan fingerprint density at radius 3 is 3.18 bits per heavy atom. The monoisotopic (exact) mass is 233 g/mol. The highest BCUT2D eigenvalue weighted by Gasteiger charge is 2.31. The number of anilines is 1. The molecule has 1 saturated heterocycles. The van der Waals surface area contributed by atoms with Crippen molar-refractivity contribution in [3.05, 3.63) is 24.6 Å².